The number of methoxy groups -OCH3 is 2. The normalized spacial score (nSPS) is 14.3. The number of hydrogen-bond acceptors (Lipinski definition) is 9. The number of H-pyrrole nitrogens is 2. The monoisotopic (exact) mass is 782 g/mol. The lowest BCUT2D eigenvalue weighted by atomic mass is 10.0. The van der Waals surface area contributed by atoms with Crippen molar-refractivity contribution in [3.8, 4) is 33.8 Å². The van der Waals surface area contributed by atoms with Crippen molar-refractivity contribution >= 4 is 35.0 Å². The van der Waals surface area contributed by atoms with Crippen molar-refractivity contribution < 1.29 is 33.1 Å². The van der Waals surface area contributed by atoms with Crippen LogP contribution in [0.5, 0.6) is 0 Å². The first-order valence-electron chi connectivity index (χ1n) is 19.3. The van der Waals surface area contributed by atoms with Gasteiger partial charge in [0.25, 0.3) is 0 Å². The number of nitrogens with zero attached hydrogens (tertiary/aromatic N) is 4. The summed E-state index contributed by atoms with van der Waals surface area (Å²) >= 11 is 0. The topological polar surface area (TPSA) is 202 Å². The van der Waals surface area contributed by atoms with Gasteiger partial charge in [0.1, 0.15) is 29.0 Å². The number of alkyl carbamates (subject to hydrolysis) is 1. The van der Waals surface area contributed by atoms with Crippen molar-refractivity contribution in [2.75, 3.05) is 27.3 Å². The number of amides is 4. The van der Waals surface area contributed by atoms with Crippen LogP contribution in [0.1, 0.15) is 78.0 Å². The zero-order valence-electron chi connectivity index (χ0n) is 33.8. The Hall–Kier alpha value is -6.12. The Morgan fingerprint density at radius 2 is 1.61 bits per heavy atom. The van der Waals surface area contributed by atoms with E-state index in [1.807, 2.05) is 72.3 Å². The fourth-order valence-corrected chi connectivity index (χ4v) is 6.82. The van der Waals surface area contributed by atoms with Crippen LogP contribution in [0.4, 0.5) is 9.59 Å². The molecule has 15 heteroatoms. The van der Waals surface area contributed by atoms with E-state index in [0.29, 0.717) is 32.0 Å². The molecule has 2 aromatic carbocycles. The number of hydrogen-bond donors (Lipinski definition) is 4. The van der Waals surface area contributed by atoms with Gasteiger partial charge in [-0.15, -0.1) is 0 Å². The molecular weight excluding hydrogens is 729 g/mol. The highest BCUT2D eigenvalue weighted by Crippen LogP contribution is 2.35. The predicted octanol–water partition coefficient (Wildman–Crippen LogP) is 7.42. The number of carbonyl (C=O) groups is 4. The third-order valence-electron chi connectivity index (χ3n) is 9.75. The molecule has 304 valence electrons. The molecule has 6 rings (SSSR count). The lowest BCUT2D eigenvalue weighted by Gasteiger charge is -2.30. The summed E-state index contributed by atoms with van der Waals surface area (Å²) in [5.41, 5.74) is 9.84. The Morgan fingerprint density at radius 3 is 2.26 bits per heavy atom. The van der Waals surface area contributed by atoms with Gasteiger partial charge in [0.15, 0.2) is 0 Å². The van der Waals surface area contributed by atoms with Gasteiger partial charge in [-0.1, -0.05) is 58.9 Å². The third kappa shape index (κ3) is 10.6. The van der Waals surface area contributed by atoms with Crippen LogP contribution in [0, 0.1) is 11.8 Å². The van der Waals surface area contributed by atoms with Crippen LogP contribution >= 0.6 is 0 Å². The van der Waals surface area contributed by atoms with Gasteiger partial charge in [0.2, 0.25) is 11.8 Å². The summed E-state index contributed by atoms with van der Waals surface area (Å²) in [4.78, 5) is 67.4. The van der Waals surface area contributed by atoms with Crippen molar-refractivity contribution in [3.05, 3.63) is 72.6 Å². The summed E-state index contributed by atoms with van der Waals surface area (Å²) in [5.74, 6) is 2.47. The highest BCUT2D eigenvalue weighted by atomic mass is 16.5. The van der Waals surface area contributed by atoms with E-state index in [4.69, 9.17) is 9.15 Å². The Kier molecular flexibility index (Phi) is 14.1. The number of fused-ring (bicyclic) bond motifs is 1. The van der Waals surface area contributed by atoms with Gasteiger partial charge in [-0.05, 0) is 60.9 Å². The maximum Gasteiger partial charge on any atom is 0.407 e. The minimum absolute atomic E-state index is 0.103. The molecule has 4 heterocycles. The number of nitrogens with one attached hydrogen (secondary N) is 3. The van der Waals surface area contributed by atoms with Crippen molar-refractivity contribution in [1.82, 2.24) is 35.1 Å². The van der Waals surface area contributed by atoms with Crippen molar-refractivity contribution in [3.63, 3.8) is 0 Å². The molecule has 4 amide bonds. The number of likely N-dealkylation sites (tertiary alicyclic amines) is 1. The molecule has 0 spiro atoms. The number of primary amides is 1. The van der Waals surface area contributed by atoms with E-state index in [1.165, 1.54) is 14.2 Å². The van der Waals surface area contributed by atoms with Gasteiger partial charge in [-0.25, -0.2) is 19.6 Å². The van der Waals surface area contributed by atoms with E-state index in [9.17, 15) is 19.2 Å². The number of furan rings is 1. The summed E-state index contributed by atoms with van der Waals surface area (Å²) in [5, 5.41) is 3.66. The maximum absolute atomic E-state index is 13.5. The average molecular weight is 783 g/mol. The highest BCUT2D eigenvalue weighted by Gasteiger charge is 2.37. The molecule has 1 aliphatic heterocycles. The number of benzene rings is 2. The number of ether oxygens (including phenoxy) is 2. The Balaban J connectivity index is 0.00000117. The van der Waals surface area contributed by atoms with E-state index in [1.54, 1.807) is 6.20 Å². The van der Waals surface area contributed by atoms with E-state index >= 15 is 0 Å². The largest absolute Gasteiger partial charge is 0.456 e. The highest BCUT2D eigenvalue weighted by molar-refractivity contribution is 5.88. The second kappa shape index (κ2) is 19.2. The summed E-state index contributed by atoms with van der Waals surface area (Å²) in [6.45, 7) is 11.8. The number of aromatic amines is 2. The zero-order chi connectivity index (χ0) is 41.2. The number of carbonyl (C=O) groups excluding carboxylic acids is 4. The lowest BCUT2D eigenvalue weighted by Crippen LogP contribution is -2.51. The second-order valence-corrected chi connectivity index (χ2v) is 14.8. The predicted molar refractivity (Wildman–Crippen MR) is 216 cm³/mol. The second-order valence-electron chi connectivity index (χ2n) is 14.8. The first-order chi connectivity index (χ1) is 27.3. The van der Waals surface area contributed by atoms with Gasteiger partial charge in [-0.3, -0.25) is 9.59 Å². The summed E-state index contributed by atoms with van der Waals surface area (Å²) in [6.07, 6.45) is 5.31. The smallest absolute Gasteiger partial charge is 0.407 e. The molecule has 2 unspecified atom stereocenters. The van der Waals surface area contributed by atoms with Crippen molar-refractivity contribution in [1.29, 1.82) is 0 Å². The van der Waals surface area contributed by atoms with Crippen LogP contribution in [0.25, 0.3) is 44.8 Å². The van der Waals surface area contributed by atoms with Crippen LogP contribution < -0.4 is 11.1 Å². The first-order valence-corrected chi connectivity index (χ1v) is 19.3. The Labute approximate surface area is 332 Å². The number of aromatic nitrogens is 4. The van der Waals surface area contributed by atoms with Crippen molar-refractivity contribution in [2.45, 2.75) is 78.9 Å². The van der Waals surface area contributed by atoms with Gasteiger partial charge in [0.05, 0.1) is 50.6 Å². The van der Waals surface area contributed by atoms with Crippen LogP contribution in [0.3, 0.4) is 0 Å². The minimum Gasteiger partial charge on any atom is -0.456 e. The molecule has 0 radical (unpaired) electrons. The van der Waals surface area contributed by atoms with Crippen LogP contribution in [0.15, 0.2) is 65.3 Å². The van der Waals surface area contributed by atoms with Gasteiger partial charge in [-0.2, -0.15) is 0 Å². The average Bonchev–Trinajstić information content (AvgIpc) is 4.03. The quantitative estimate of drug-likeness (QED) is 0.0938. The first kappa shape index (κ1) is 42.0. The SMILES string of the molecule is CCCN(Cc1ncc(-c2ccc(-c3cc4cc(-c5cnc(C6CCCN6C(=O)C(NC(=O)OC)C(C)C)[nH]5)ccc4o3)cc2)[nH]1)C(=O)CC(C)C.COC(N)=O. The Morgan fingerprint density at radius 1 is 0.947 bits per heavy atom. The molecule has 5 aromatic rings. The molecule has 15 nitrogen and oxygen atoms in total. The molecule has 57 heavy (non-hydrogen) atoms. The van der Waals surface area contributed by atoms with Crippen LogP contribution in [0.2, 0.25) is 0 Å². The van der Waals surface area contributed by atoms with E-state index < -0.39 is 18.2 Å². The molecular formula is C42H54N8O7. The molecule has 0 aliphatic carbocycles. The minimum atomic E-state index is -0.745. The number of imidazole rings is 2. The molecule has 0 saturated carbocycles. The fourth-order valence-electron chi connectivity index (χ4n) is 6.82. The number of rotatable bonds is 13. The maximum atomic E-state index is 13.5. The summed E-state index contributed by atoms with van der Waals surface area (Å²) in [7, 11) is 2.52. The molecule has 2 atom stereocenters. The molecule has 0 bridgehead atoms. The molecule has 1 aliphatic rings. The van der Waals surface area contributed by atoms with E-state index in [-0.39, 0.29) is 23.8 Å². The number of nitrogens with two attached hydrogens (primary N) is 1. The molecule has 1 fully saturated rings. The summed E-state index contributed by atoms with van der Waals surface area (Å²) < 4.78 is 14.9. The van der Waals surface area contributed by atoms with Gasteiger partial charge < -0.3 is 44.7 Å². The molecule has 3 aromatic heterocycles. The van der Waals surface area contributed by atoms with Crippen LogP contribution in [-0.4, -0.2) is 87.1 Å². The molecule has 1 saturated heterocycles. The van der Waals surface area contributed by atoms with Crippen molar-refractivity contribution in [2.24, 2.45) is 17.6 Å². The Bertz CT molecular complexity index is 2130. The summed E-state index contributed by atoms with van der Waals surface area (Å²) in [6, 6.07) is 15.3. The van der Waals surface area contributed by atoms with Crippen LogP contribution in [-0.2, 0) is 25.6 Å². The van der Waals surface area contributed by atoms with E-state index in [0.717, 1.165) is 75.7 Å². The standard InChI is InChI=1S/C40H49N7O5.C2H5NO2/c1-7-16-46(36(48)18-24(2)3)23-35-41-21-30(43-35)26-10-12-27(13-11-26)34-20-29-19-28(14-15-33(29)52-34)31-22-42-38(44-31)32-9-8-17-47(32)39(49)37(25(4)5)45-40(50)51-6;1-5-2(3)4/h10-15,19-22,24-25,32,37H,7-9,16-18,23H2,1-6H3,(H,41,43)(H,42,44)(H,45,50);1H3,(H2,3,4). The lowest BCUT2D eigenvalue weighted by molar-refractivity contribution is -0.135. The third-order valence-corrected chi connectivity index (χ3v) is 9.75. The molecule has 5 N–H and O–H groups in total. The zero-order valence-corrected chi connectivity index (χ0v) is 33.8. The van der Waals surface area contributed by atoms with Gasteiger partial charge >= 0.3 is 12.2 Å². The van der Waals surface area contributed by atoms with Gasteiger partial charge in [0, 0.05) is 36.0 Å². The fraction of sp³-hybridized carbons (Fsp3) is 0.429. The van der Waals surface area contributed by atoms with E-state index in [2.05, 4.69) is 62.6 Å².